The third-order valence-electron chi connectivity index (χ3n) is 2.81. The molecule has 1 unspecified atom stereocenters. The quantitative estimate of drug-likeness (QED) is 0.356. The lowest BCUT2D eigenvalue weighted by Gasteiger charge is -2.10. The molecule has 2 heterocycles. The number of ether oxygens (including phenoxy) is 1. The van der Waals surface area contributed by atoms with Crippen molar-refractivity contribution in [3.05, 3.63) is 11.9 Å². The maximum atomic E-state index is 5.60. The minimum absolute atomic E-state index is 0.369. The molecule has 0 amide bonds. The highest BCUT2D eigenvalue weighted by molar-refractivity contribution is 7.99. The predicted molar refractivity (Wildman–Crippen MR) is 73.5 cm³/mol. The summed E-state index contributed by atoms with van der Waals surface area (Å²) >= 11 is 1.72. The fourth-order valence-corrected chi connectivity index (χ4v) is 2.89. The Morgan fingerprint density at radius 3 is 3.11 bits per heavy atom. The maximum Gasteiger partial charge on any atom is 0.144 e. The fourth-order valence-electron chi connectivity index (χ4n) is 1.91. The highest BCUT2D eigenvalue weighted by Gasteiger charge is 2.16. The zero-order valence-corrected chi connectivity index (χ0v) is 11.5. The maximum absolute atomic E-state index is 5.60. The average Bonchev–Trinajstić information content (AvgIpc) is 2.89. The number of aromatic nitrogens is 2. The number of nitrogens with one attached hydrogen (secondary N) is 1. The van der Waals surface area contributed by atoms with Gasteiger partial charge in [-0.25, -0.2) is 15.8 Å². The van der Waals surface area contributed by atoms with E-state index in [0.29, 0.717) is 11.9 Å². The van der Waals surface area contributed by atoms with Crippen molar-refractivity contribution in [2.24, 2.45) is 5.84 Å². The van der Waals surface area contributed by atoms with Crippen molar-refractivity contribution in [2.75, 3.05) is 17.8 Å². The van der Waals surface area contributed by atoms with Crippen molar-refractivity contribution in [1.82, 2.24) is 9.97 Å². The van der Waals surface area contributed by atoms with Gasteiger partial charge in [-0.1, -0.05) is 6.92 Å². The summed E-state index contributed by atoms with van der Waals surface area (Å²) in [5.41, 5.74) is 2.60. The van der Waals surface area contributed by atoms with Gasteiger partial charge >= 0.3 is 0 Å². The van der Waals surface area contributed by atoms with Crippen molar-refractivity contribution in [3.63, 3.8) is 0 Å². The largest absolute Gasteiger partial charge is 0.377 e. The molecule has 1 fully saturated rings. The second kappa shape index (κ2) is 6.92. The molecule has 6 heteroatoms. The Balaban J connectivity index is 1.98. The van der Waals surface area contributed by atoms with E-state index in [1.807, 2.05) is 6.07 Å². The molecule has 5 nitrogen and oxygen atoms in total. The molecule has 0 saturated carbocycles. The summed E-state index contributed by atoms with van der Waals surface area (Å²) < 4.78 is 5.60. The average molecular weight is 268 g/mol. The molecule has 1 atom stereocenters. The van der Waals surface area contributed by atoms with Crippen molar-refractivity contribution in [2.45, 2.75) is 43.7 Å². The van der Waals surface area contributed by atoms with Crippen LogP contribution in [-0.4, -0.2) is 28.4 Å². The lowest BCUT2D eigenvalue weighted by molar-refractivity contribution is 0.129. The molecule has 0 radical (unpaired) electrons. The minimum atomic E-state index is 0.369. The summed E-state index contributed by atoms with van der Waals surface area (Å²) in [6.45, 7) is 3.01. The first-order valence-electron chi connectivity index (χ1n) is 6.40. The van der Waals surface area contributed by atoms with Crippen molar-refractivity contribution >= 4 is 17.6 Å². The summed E-state index contributed by atoms with van der Waals surface area (Å²) in [6, 6.07) is 1.89. The number of aryl methyl sites for hydroxylation is 1. The Morgan fingerprint density at radius 2 is 2.44 bits per heavy atom. The lowest BCUT2D eigenvalue weighted by atomic mass is 10.3. The number of nitrogen functional groups attached to an aromatic ring is 1. The molecule has 0 spiro atoms. The van der Waals surface area contributed by atoms with Gasteiger partial charge in [-0.2, -0.15) is 0 Å². The molecule has 18 heavy (non-hydrogen) atoms. The Labute approximate surface area is 112 Å². The van der Waals surface area contributed by atoms with Crippen LogP contribution in [0.25, 0.3) is 0 Å². The first kappa shape index (κ1) is 13.6. The van der Waals surface area contributed by atoms with Gasteiger partial charge in [-0.15, -0.1) is 11.8 Å². The smallest absolute Gasteiger partial charge is 0.144 e. The van der Waals surface area contributed by atoms with Crippen LogP contribution < -0.4 is 11.3 Å². The van der Waals surface area contributed by atoms with Crippen LogP contribution in [0.5, 0.6) is 0 Å². The van der Waals surface area contributed by atoms with E-state index in [2.05, 4.69) is 22.3 Å². The van der Waals surface area contributed by atoms with Gasteiger partial charge in [0, 0.05) is 24.8 Å². The number of rotatable bonds is 6. The van der Waals surface area contributed by atoms with Gasteiger partial charge in [0.2, 0.25) is 0 Å². The molecule has 0 aliphatic carbocycles. The second-order valence-corrected chi connectivity index (χ2v) is 5.39. The molecular formula is C12H20N4OS. The first-order chi connectivity index (χ1) is 8.81. The summed E-state index contributed by atoms with van der Waals surface area (Å²) in [6.07, 6.45) is 4.61. The van der Waals surface area contributed by atoms with Crippen LogP contribution >= 0.6 is 11.8 Å². The van der Waals surface area contributed by atoms with E-state index in [4.69, 9.17) is 10.6 Å². The van der Waals surface area contributed by atoms with E-state index in [9.17, 15) is 0 Å². The monoisotopic (exact) mass is 268 g/mol. The highest BCUT2D eigenvalue weighted by atomic mass is 32.2. The van der Waals surface area contributed by atoms with E-state index in [0.717, 1.165) is 42.5 Å². The van der Waals surface area contributed by atoms with Crippen molar-refractivity contribution in [1.29, 1.82) is 0 Å². The third-order valence-corrected chi connectivity index (χ3v) is 3.85. The highest BCUT2D eigenvalue weighted by Crippen LogP contribution is 2.24. The molecule has 3 N–H and O–H groups in total. The number of hydrazine groups is 1. The minimum Gasteiger partial charge on any atom is -0.377 e. The molecule has 0 bridgehead atoms. The number of anilines is 1. The van der Waals surface area contributed by atoms with Crippen molar-refractivity contribution in [3.8, 4) is 0 Å². The number of hydrogen-bond acceptors (Lipinski definition) is 6. The number of thioether (sulfide) groups is 1. The first-order valence-corrected chi connectivity index (χ1v) is 7.39. The molecule has 1 aromatic rings. The van der Waals surface area contributed by atoms with E-state index in [1.165, 1.54) is 6.42 Å². The van der Waals surface area contributed by atoms with Crippen LogP contribution in [0.1, 0.15) is 32.0 Å². The van der Waals surface area contributed by atoms with Gasteiger partial charge < -0.3 is 10.2 Å². The molecule has 100 valence electrons. The van der Waals surface area contributed by atoms with Crippen LogP contribution in [0.3, 0.4) is 0 Å². The topological polar surface area (TPSA) is 73.1 Å². The van der Waals surface area contributed by atoms with Gasteiger partial charge in [0.05, 0.1) is 6.10 Å². The summed E-state index contributed by atoms with van der Waals surface area (Å²) in [5, 5.41) is 0.969. The van der Waals surface area contributed by atoms with Gasteiger partial charge in [-0.3, -0.25) is 0 Å². The van der Waals surface area contributed by atoms with Crippen LogP contribution in [0.4, 0.5) is 5.82 Å². The van der Waals surface area contributed by atoms with Gasteiger partial charge in [0.25, 0.3) is 0 Å². The molecular weight excluding hydrogens is 248 g/mol. The Bertz CT molecular complexity index is 382. The Morgan fingerprint density at radius 1 is 1.56 bits per heavy atom. The second-order valence-electron chi connectivity index (χ2n) is 4.35. The zero-order valence-electron chi connectivity index (χ0n) is 10.7. The zero-order chi connectivity index (χ0) is 12.8. The molecule has 1 saturated heterocycles. The molecule has 1 aliphatic rings. The van der Waals surface area contributed by atoms with Gasteiger partial charge in [-0.05, 0) is 19.3 Å². The lowest BCUT2D eigenvalue weighted by Crippen LogP contribution is -2.12. The van der Waals surface area contributed by atoms with Crippen molar-refractivity contribution < 1.29 is 4.74 Å². The van der Waals surface area contributed by atoms with Gasteiger partial charge in [0.1, 0.15) is 16.7 Å². The standard InChI is InChI=1S/C12H20N4OS/c1-2-4-10-14-11(16-13)7-12(15-10)18-8-9-5-3-6-17-9/h7,9H,2-6,8,13H2,1H3,(H,14,15,16). The Kier molecular flexibility index (Phi) is 5.22. The number of hydrogen-bond donors (Lipinski definition) is 2. The molecule has 0 aromatic carbocycles. The molecule has 1 aromatic heterocycles. The third kappa shape index (κ3) is 3.83. The summed E-state index contributed by atoms with van der Waals surface area (Å²) in [4.78, 5) is 8.86. The normalized spacial score (nSPS) is 19.1. The van der Waals surface area contributed by atoms with E-state index in [1.54, 1.807) is 11.8 Å². The van der Waals surface area contributed by atoms with E-state index in [-0.39, 0.29) is 0 Å². The van der Waals surface area contributed by atoms with E-state index >= 15 is 0 Å². The molecule has 1 aliphatic heterocycles. The van der Waals surface area contributed by atoms with Gasteiger partial charge in [0.15, 0.2) is 0 Å². The predicted octanol–water partition coefficient (Wildman–Crippen LogP) is 1.99. The van der Waals surface area contributed by atoms with Crippen LogP contribution in [0.15, 0.2) is 11.1 Å². The molecule has 2 rings (SSSR count). The Hall–Kier alpha value is -0.850. The number of nitrogens with zero attached hydrogens (tertiary/aromatic N) is 2. The number of nitrogens with two attached hydrogens (primary N) is 1. The fraction of sp³-hybridized carbons (Fsp3) is 0.667. The van der Waals surface area contributed by atoms with Crippen LogP contribution in [0, 0.1) is 0 Å². The van der Waals surface area contributed by atoms with Crippen LogP contribution in [-0.2, 0) is 11.2 Å². The summed E-state index contributed by atoms with van der Waals surface area (Å²) in [5.74, 6) is 7.91. The van der Waals surface area contributed by atoms with Crippen LogP contribution in [0.2, 0.25) is 0 Å². The summed E-state index contributed by atoms with van der Waals surface area (Å²) in [7, 11) is 0. The SMILES string of the molecule is CCCc1nc(NN)cc(SCC2CCCO2)n1. The van der Waals surface area contributed by atoms with E-state index < -0.39 is 0 Å².